The summed E-state index contributed by atoms with van der Waals surface area (Å²) in [6.45, 7) is 0. The largest absolute Gasteiger partial charge is 0.493 e. The van der Waals surface area contributed by atoms with Gasteiger partial charge in [0.05, 0.1) is 29.4 Å². The molecule has 1 N–H and O–H groups in total. The minimum Gasteiger partial charge on any atom is -0.493 e. The molecule has 3 aromatic carbocycles. The molecule has 0 aliphatic carbocycles. The van der Waals surface area contributed by atoms with Gasteiger partial charge in [-0.2, -0.15) is 18.3 Å². The Morgan fingerprint density at radius 1 is 1.06 bits per heavy atom. The van der Waals surface area contributed by atoms with E-state index in [1.165, 1.54) is 43.7 Å². The first-order valence-electron chi connectivity index (χ1n) is 9.39. The summed E-state index contributed by atoms with van der Waals surface area (Å²) in [5, 5.41) is 14.9. The molecule has 0 heterocycles. The van der Waals surface area contributed by atoms with E-state index in [1.54, 1.807) is 0 Å². The summed E-state index contributed by atoms with van der Waals surface area (Å²) in [6, 6.07) is 11.1. The molecule has 0 fully saturated rings. The third-order valence-corrected chi connectivity index (χ3v) is 4.39. The van der Waals surface area contributed by atoms with Crippen LogP contribution >= 0.6 is 0 Å². The average molecular weight is 477 g/mol. The van der Waals surface area contributed by atoms with Gasteiger partial charge in [0.2, 0.25) is 0 Å². The highest BCUT2D eigenvalue weighted by molar-refractivity contribution is 5.91. The molecule has 12 heteroatoms. The van der Waals surface area contributed by atoms with Crippen molar-refractivity contribution in [2.75, 3.05) is 12.5 Å². The summed E-state index contributed by atoms with van der Waals surface area (Å²) in [7, 11) is 1.33. The van der Waals surface area contributed by atoms with Crippen LogP contribution in [0.25, 0.3) is 0 Å². The second kappa shape index (κ2) is 9.98. The van der Waals surface area contributed by atoms with Crippen LogP contribution < -0.4 is 14.9 Å². The number of carbonyl (C=O) groups excluding carboxylic acids is 1. The lowest BCUT2D eigenvalue weighted by Crippen LogP contribution is -2.09. The highest BCUT2D eigenvalue weighted by Crippen LogP contribution is 2.35. The van der Waals surface area contributed by atoms with Crippen molar-refractivity contribution in [2.45, 2.75) is 6.18 Å². The molecule has 0 aliphatic heterocycles. The zero-order chi connectivity index (χ0) is 24.9. The van der Waals surface area contributed by atoms with Gasteiger partial charge in [0.15, 0.2) is 11.5 Å². The molecule has 0 saturated heterocycles. The molecule has 0 spiro atoms. The number of benzene rings is 3. The monoisotopic (exact) mass is 477 g/mol. The van der Waals surface area contributed by atoms with Gasteiger partial charge in [-0.1, -0.05) is 0 Å². The summed E-state index contributed by atoms with van der Waals surface area (Å²) >= 11 is 0. The molecule has 3 aromatic rings. The quantitative estimate of drug-likeness (QED) is 0.122. The second-order valence-electron chi connectivity index (χ2n) is 6.66. The van der Waals surface area contributed by atoms with Crippen molar-refractivity contribution in [3.05, 3.63) is 93.3 Å². The molecule has 0 aliphatic rings. The van der Waals surface area contributed by atoms with Crippen molar-refractivity contribution < 1.29 is 36.8 Å². The van der Waals surface area contributed by atoms with Crippen LogP contribution in [0.15, 0.2) is 65.8 Å². The fourth-order valence-corrected chi connectivity index (χ4v) is 2.72. The number of hydrazone groups is 1. The number of nitro benzene ring substituents is 1. The number of halogens is 4. The maximum Gasteiger partial charge on any atom is 0.416 e. The zero-order valence-corrected chi connectivity index (χ0v) is 17.3. The van der Waals surface area contributed by atoms with E-state index in [9.17, 15) is 32.5 Å². The Kier molecular flexibility index (Phi) is 7.09. The van der Waals surface area contributed by atoms with Gasteiger partial charge in [-0.3, -0.25) is 15.5 Å². The third kappa shape index (κ3) is 5.85. The number of nitrogens with one attached hydrogen (secondary N) is 1. The molecule has 0 unspecified atom stereocenters. The SMILES string of the molecule is COc1cc(C=NNc2ccc(C(F)(F)F)cc2[N+](=O)[O-])ccc1OC(=O)c1ccc(F)cc1. The predicted molar refractivity (Wildman–Crippen MR) is 114 cm³/mol. The molecule has 0 aromatic heterocycles. The summed E-state index contributed by atoms with van der Waals surface area (Å²) in [5.41, 5.74) is 0.669. The number of methoxy groups -OCH3 is 1. The number of nitrogens with zero attached hydrogens (tertiary/aromatic N) is 2. The number of hydrogen-bond donors (Lipinski definition) is 1. The van der Waals surface area contributed by atoms with E-state index in [1.807, 2.05) is 0 Å². The molecule has 0 saturated carbocycles. The fraction of sp³-hybridized carbons (Fsp3) is 0.0909. The first-order chi connectivity index (χ1) is 16.1. The minimum absolute atomic E-state index is 0.0697. The van der Waals surface area contributed by atoms with E-state index >= 15 is 0 Å². The summed E-state index contributed by atoms with van der Waals surface area (Å²) in [4.78, 5) is 22.4. The molecular weight excluding hydrogens is 462 g/mol. The number of alkyl halides is 3. The Labute approximate surface area is 189 Å². The Hall–Kier alpha value is -4.48. The molecular formula is C22H15F4N3O5. The smallest absolute Gasteiger partial charge is 0.416 e. The number of anilines is 1. The van der Waals surface area contributed by atoms with Gasteiger partial charge < -0.3 is 9.47 Å². The Morgan fingerprint density at radius 3 is 2.38 bits per heavy atom. The molecule has 3 rings (SSSR count). The maximum absolute atomic E-state index is 13.0. The molecule has 176 valence electrons. The van der Waals surface area contributed by atoms with E-state index in [0.717, 1.165) is 18.2 Å². The number of rotatable bonds is 7. The summed E-state index contributed by atoms with van der Waals surface area (Å²) in [5.74, 6) is -1.02. The van der Waals surface area contributed by atoms with Gasteiger partial charge in [0.25, 0.3) is 5.69 Å². The number of nitro groups is 1. The Morgan fingerprint density at radius 2 is 1.76 bits per heavy atom. The van der Waals surface area contributed by atoms with E-state index < -0.39 is 34.1 Å². The third-order valence-electron chi connectivity index (χ3n) is 4.39. The Bertz CT molecular complexity index is 1240. The highest BCUT2D eigenvalue weighted by atomic mass is 19.4. The predicted octanol–water partition coefficient (Wildman–Crippen LogP) is 5.43. The van der Waals surface area contributed by atoms with Gasteiger partial charge in [0, 0.05) is 6.07 Å². The van der Waals surface area contributed by atoms with Gasteiger partial charge in [-0.15, -0.1) is 0 Å². The van der Waals surface area contributed by atoms with Crippen molar-refractivity contribution in [3.63, 3.8) is 0 Å². The number of ether oxygens (including phenoxy) is 2. The first kappa shape index (κ1) is 24.2. The lowest BCUT2D eigenvalue weighted by atomic mass is 10.1. The van der Waals surface area contributed by atoms with Crippen molar-refractivity contribution in [3.8, 4) is 11.5 Å². The van der Waals surface area contributed by atoms with Crippen LogP contribution in [0.4, 0.5) is 28.9 Å². The van der Waals surface area contributed by atoms with Crippen LogP contribution in [0.3, 0.4) is 0 Å². The van der Waals surface area contributed by atoms with Crippen molar-refractivity contribution >= 4 is 23.6 Å². The number of hydrogen-bond acceptors (Lipinski definition) is 7. The molecule has 0 bridgehead atoms. The van der Waals surface area contributed by atoms with Crippen LogP contribution in [-0.2, 0) is 6.18 Å². The van der Waals surface area contributed by atoms with Crippen LogP contribution in [0, 0.1) is 15.9 Å². The van der Waals surface area contributed by atoms with Crippen LogP contribution in [0.2, 0.25) is 0 Å². The second-order valence-corrected chi connectivity index (χ2v) is 6.66. The summed E-state index contributed by atoms with van der Waals surface area (Å²) < 4.78 is 61.9. The normalized spacial score (nSPS) is 11.3. The molecule has 0 amide bonds. The molecule has 8 nitrogen and oxygen atoms in total. The van der Waals surface area contributed by atoms with E-state index in [2.05, 4.69) is 10.5 Å². The topological polar surface area (TPSA) is 103 Å². The zero-order valence-electron chi connectivity index (χ0n) is 17.3. The lowest BCUT2D eigenvalue weighted by Gasteiger charge is -2.10. The van der Waals surface area contributed by atoms with Crippen molar-refractivity contribution in [2.24, 2.45) is 5.10 Å². The van der Waals surface area contributed by atoms with Gasteiger partial charge >= 0.3 is 12.1 Å². The maximum atomic E-state index is 13.0. The van der Waals surface area contributed by atoms with Crippen molar-refractivity contribution in [1.29, 1.82) is 0 Å². The first-order valence-corrected chi connectivity index (χ1v) is 9.39. The average Bonchev–Trinajstić information content (AvgIpc) is 2.79. The van der Waals surface area contributed by atoms with E-state index in [4.69, 9.17) is 9.47 Å². The number of carbonyl (C=O) groups is 1. The van der Waals surface area contributed by atoms with Crippen molar-refractivity contribution in [1.82, 2.24) is 0 Å². The van der Waals surface area contributed by atoms with Crippen LogP contribution in [0.1, 0.15) is 21.5 Å². The van der Waals surface area contributed by atoms with E-state index in [-0.39, 0.29) is 22.7 Å². The fourth-order valence-electron chi connectivity index (χ4n) is 2.72. The van der Waals surface area contributed by atoms with Gasteiger partial charge in [-0.05, 0) is 60.2 Å². The van der Waals surface area contributed by atoms with Crippen LogP contribution in [-0.4, -0.2) is 24.2 Å². The minimum atomic E-state index is -4.73. The van der Waals surface area contributed by atoms with Gasteiger partial charge in [0.1, 0.15) is 11.5 Å². The summed E-state index contributed by atoms with van der Waals surface area (Å²) in [6.07, 6.45) is -3.50. The van der Waals surface area contributed by atoms with E-state index in [0.29, 0.717) is 17.7 Å². The molecule has 34 heavy (non-hydrogen) atoms. The standard InChI is InChI=1S/C22H15F4N3O5/c1-33-20-10-13(2-9-19(20)34-21(30)14-3-6-16(23)7-4-14)12-27-28-17-8-5-15(22(24,25)26)11-18(17)29(31)32/h2-12,28H,1H3. The highest BCUT2D eigenvalue weighted by Gasteiger charge is 2.33. The Balaban J connectivity index is 1.75. The number of esters is 1. The van der Waals surface area contributed by atoms with Gasteiger partial charge in [-0.25, -0.2) is 9.18 Å². The van der Waals surface area contributed by atoms with Crippen LogP contribution in [0.5, 0.6) is 11.5 Å². The lowest BCUT2D eigenvalue weighted by molar-refractivity contribution is -0.384. The molecule has 0 atom stereocenters. The molecule has 0 radical (unpaired) electrons.